The first-order chi connectivity index (χ1) is 9.65. The summed E-state index contributed by atoms with van der Waals surface area (Å²) >= 11 is 9.42. The average Bonchev–Trinajstić information content (AvgIpc) is 2.64. The van der Waals surface area contributed by atoms with Crippen molar-refractivity contribution in [1.29, 1.82) is 0 Å². The van der Waals surface area contributed by atoms with Gasteiger partial charge in [-0.25, -0.2) is 4.98 Å². The van der Waals surface area contributed by atoms with Crippen molar-refractivity contribution in [3.8, 4) is 11.4 Å². The third kappa shape index (κ3) is 2.67. The summed E-state index contributed by atoms with van der Waals surface area (Å²) in [6.45, 7) is 0. The number of aromatic nitrogens is 2. The van der Waals surface area contributed by atoms with Crippen molar-refractivity contribution in [1.82, 2.24) is 9.97 Å². The normalized spacial score (nSPS) is 14.7. The van der Waals surface area contributed by atoms with E-state index in [4.69, 9.17) is 11.6 Å². The van der Waals surface area contributed by atoms with Gasteiger partial charge in [0.1, 0.15) is 5.82 Å². The minimum absolute atomic E-state index is 0.00579. The van der Waals surface area contributed by atoms with Gasteiger partial charge in [0.15, 0.2) is 0 Å². The quantitative estimate of drug-likeness (QED) is 0.784. The summed E-state index contributed by atoms with van der Waals surface area (Å²) in [6, 6.07) is 5.48. The zero-order valence-electron chi connectivity index (χ0n) is 10.9. The molecule has 0 saturated carbocycles. The molecular weight excluding hydrogens is 340 g/mol. The maximum Gasteiger partial charge on any atom is 0.254 e. The molecule has 0 atom stereocenters. The third-order valence-corrected chi connectivity index (χ3v) is 4.52. The fraction of sp³-hybridized carbons (Fsp3) is 0.333. The molecule has 1 aromatic heterocycles. The summed E-state index contributed by atoms with van der Waals surface area (Å²) in [7, 11) is 0. The molecule has 1 aliphatic rings. The Morgan fingerprint density at radius 3 is 2.80 bits per heavy atom. The summed E-state index contributed by atoms with van der Waals surface area (Å²) in [5.41, 5.74) is 2.66. The zero-order chi connectivity index (χ0) is 14.1. The van der Waals surface area contributed by atoms with Gasteiger partial charge in [-0.05, 0) is 59.8 Å². The zero-order valence-corrected chi connectivity index (χ0v) is 13.2. The van der Waals surface area contributed by atoms with Crippen LogP contribution in [0.25, 0.3) is 11.4 Å². The summed E-state index contributed by atoms with van der Waals surface area (Å²) < 4.78 is 0.835. The predicted molar refractivity (Wildman–Crippen MR) is 84.3 cm³/mol. The molecule has 1 aliphatic carbocycles. The van der Waals surface area contributed by atoms with Gasteiger partial charge in [-0.1, -0.05) is 18.0 Å². The van der Waals surface area contributed by atoms with Crippen LogP contribution in [0.15, 0.2) is 27.5 Å². The Balaban J connectivity index is 2.13. The number of aromatic amines is 1. The van der Waals surface area contributed by atoms with Crippen molar-refractivity contribution in [3.05, 3.63) is 49.3 Å². The van der Waals surface area contributed by atoms with Crippen LogP contribution in [0.5, 0.6) is 0 Å². The molecule has 0 unspecified atom stereocenters. The second-order valence-electron chi connectivity index (χ2n) is 5.02. The lowest BCUT2D eigenvalue weighted by atomic mass is 10.1. The number of aryl methyl sites for hydroxylation is 1. The molecule has 1 N–H and O–H groups in total. The van der Waals surface area contributed by atoms with E-state index in [2.05, 4.69) is 25.9 Å². The Kier molecular flexibility index (Phi) is 3.94. The minimum atomic E-state index is -0.00579. The molecule has 0 saturated heterocycles. The van der Waals surface area contributed by atoms with Crippen LogP contribution in [-0.2, 0) is 12.8 Å². The molecular formula is C15H14BrClN2O. The Bertz CT molecular complexity index is 712. The molecule has 1 heterocycles. The number of nitrogens with zero attached hydrogens (tertiary/aromatic N) is 1. The average molecular weight is 354 g/mol. The molecule has 0 radical (unpaired) electrons. The van der Waals surface area contributed by atoms with Gasteiger partial charge >= 0.3 is 0 Å². The maximum atomic E-state index is 12.3. The number of hydrogen-bond acceptors (Lipinski definition) is 2. The highest BCUT2D eigenvalue weighted by Gasteiger charge is 2.16. The van der Waals surface area contributed by atoms with Gasteiger partial charge in [0, 0.05) is 20.6 Å². The van der Waals surface area contributed by atoms with Crippen molar-refractivity contribution in [3.63, 3.8) is 0 Å². The minimum Gasteiger partial charge on any atom is -0.306 e. The van der Waals surface area contributed by atoms with E-state index in [1.807, 2.05) is 12.1 Å². The van der Waals surface area contributed by atoms with Gasteiger partial charge in [0.25, 0.3) is 5.56 Å². The molecule has 3 rings (SSSR count). The van der Waals surface area contributed by atoms with Crippen LogP contribution in [-0.4, -0.2) is 9.97 Å². The summed E-state index contributed by atoms with van der Waals surface area (Å²) in [4.78, 5) is 19.8. The first-order valence-electron chi connectivity index (χ1n) is 6.72. The Morgan fingerprint density at radius 2 is 2.00 bits per heavy atom. The van der Waals surface area contributed by atoms with Gasteiger partial charge in [-0.15, -0.1) is 0 Å². The van der Waals surface area contributed by atoms with Crippen LogP contribution in [0.2, 0.25) is 5.02 Å². The van der Waals surface area contributed by atoms with Crippen LogP contribution >= 0.6 is 27.5 Å². The van der Waals surface area contributed by atoms with Gasteiger partial charge < -0.3 is 4.98 Å². The molecule has 20 heavy (non-hydrogen) atoms. The SMILES string of the molecule is O=c1[nH]c(-c2ccc(Cl)cc2Br)nc2c1CCCCC2. The first-order valence-corrected chi connectivity index (χ1v) is 7.90. The van der Waals surface area contributed by atoms with E-state index in [9.17, 15) is 4.79 Å². The molecule has 0 amide bonds. The number of rotatable bonds is 1. The molecule has 5 heteroatoms. The predicted octanol–water partition coefficient (Wildman–Crippen LogP) is 4.12. The lowest BCUT2D eigenvalue weighted by Crippen LogP contribution is -2.18. The fourth-order valence-electron chi connectivity index (χ4n) is 2.59. The van der Waals surface area contributed by atoms with E-state index in [1.165, 1.54) is 0 Å². The molecule has 2 aromatic rings. The highest BCUT2D eigenvalue weighted by molar-refractivity contribution is 9.10. The van der Waals surface area contributed by atoms with E-state index in [1.54, 1.807) is 6.07 Å². The summed E-state index contributed by atoms with van der Waals surface area (Å²) in [6.07, 6.45) is 5.05. The third-order valence-electron chi connectivity index (χ3n) is 3.63. The van der Waals surface area contributed by atoms with E-state index in [0.29, 0.717) is 10.8 Å². The van der Waals surface area contributed by atoms with Crippen molar-refractivity contribution < 1.29 is 0 Å². The van der Waals surface area contributed by atoms with Crippen LogP contribution in [0.3, 0.4) is 0 Å². The topological polar surface area (TPSA) is 45.8 Å². The van der Waals surface area contributed by atoms with Gasteiger partial charge in [0.05, 0.1) is 5.69 Å². The second kappa shape index (κ2) is 5.70. The van der Waals surface area contributed by atoms with Gasteiger partial charge in [0.2, 0.25) is 0 Å². The highest BCUT2D eigenvalue weighted by atomic mass is 79.9. The number of benzene rings is 1. The Labute approximate surface area is 130 Å². The van der Waals surface area contributed by atoms with Crippen molar-refractivity contribution in [2.75, 3.05) is 0 Å². The largest absolute Gasteiger partial charge is 0.306 e. The number of nitrogens with one attached hydrogen (secondary N) is 1. The van der Waals surface area contributed by atoms with Crippen molar-refractivity contribution in [2.24, 2.45) is 0 Å². The van der Waals surface area contributed by atoms with E-state index >= 15 is 0 Å². The maximum absolute atomic E-state index is 12.3. The molecule has 0 fully saturated rings. The monoisotopic (exact) mass is 352 g/mol. The lowest BCUT2D eigenvalue weighted by molar-refractivity contribution is 0.708. The summed E-state index contributed by atoms with van der Waals surface area (Å²) in [5.74, 6) is 0.610. The van der Waals surface area contributed by atoms with Crippen LogP contribution in [0.1, 0.15) is 30.5 Å². The van der Waals surface area contributed by atoms with Gasteiger partial charge in [-0.2, -0.15) is 0 Å². The molecule has 0 aliphatic heterocycles. The van der Waals surface area contributed by atoms with Gasteiger partial charge in [-0.3, -0.25) is 4.79 Å². The highest BCUT2D eigenvalue weighted by Crippen LogP contribution is 2.29. The molecule has 0 spiro atoms. The Morgan fingerprint density at radius 1 is 1.20 bits per heavy atom. The second-order valence-corrected chi connectivity index (χ2v) is 6.32. The fourth-order valence-corrected chi connectivity index (χ4v) is 3.46. The molecule has 3 nitrogen and oxygen atoms in total. The van der Waals surface area contributed by atoms with E-state index in [0.717, 1.165) is 53.4 Å². The molecule has 0 bridgehead atoms. The number of halogens is 2. The van der Waals surface area contributed by atoms with Crippen LogP contribution in [0.4, 0.5) is 0 Å². The first kappa shape index (κ1) is 13.8. The standard InChI is InChI=1S/C15H14BrClN2O/c16-12-8-9(17)6-7-10(12)14-18-13-5-3-1-2-4-11(13)15(20)19-14/h6-8H,1-5H2,(H,18,19,20). The molecule has 1 aromatic carbocycles. The smallest absolute Gasteiger partial charge is 0.254 e. The van der Waals surface area contributed by atoms with Crippen molar-refractivity contribution in [2.45, 2.75) is 32.1 Å². The number of H-pyrrole nitrogens is 1. The van der Waals surface area contributed by atoms with Crippen molar-refractivity contribution >= 4 is 27.5 Å². The Hall–Kier alpha value is -1.13. The summed E-state index contributed by atoms with van der Waals surface area (Å²) in [5, 5.41) is 0.651. The molecule has 104 valence electrons. The number of hydrogen-bond donors (Lipinski definition) is 1. The van der Waals surface area contributed by atoms with E-state index in [-0.39, 0.29) is 5.56 Å². The van der Waals surface area contributed by atoms with Crippen LogP contribution < -0.4 is 5.56 Å². The van der Waals surface area contributed by atoms with E-state index < -0.39 is 0 Å². The van der Waals surface area contributed by atoms with Crippen LogP contribution in [0, 0.1) is 0 Å². The lowest BCUT2D eigenvalue weighted by Gasteiger charge is -2.09. The number of fused-ring (bicyclic) bond motifs is 1.